The molecule has 0 fully saturated rings. The van der Waals surface area contributed by atoms with Gasteiger partial charge in [-0.2, -0.15) is 0 Å². The third-order valence-electron chi connectivity index (χ3n) is 5.82. The summed E-state index contributed by atoms with van der Waals surface area (Å²) in [5.74, 6) is 0.329. The Morgan fingerprint density at radius 1 is 1.13 bits per heavy atom. The number of esters is 1. The van der Waals surface area contributed by atoms with Crippen LogP contribution in [0.15, 0.2) is 39.5 Å². The van der Waals surface area contributed by atoms with Gasteiger partial charge in [0, 0.05) is 22.1 Å². The van der Waals surface area contributed by atoms with Crippen molar-refractivity contribution in [2.75, 3.05) is 13.8 Å². The van der Waals surface area contributed by atoms with Crippen molar-refractivity contribution in [1.82, 2.24) is 0 Å². The zero-order chi connectivity index (χ0) is 21.4. The monoisotopic (exact) mass is 408 g/mol. The van der Waals surface area contributed by atoms with E-state index in [-0.39, 0.29) is 6.42 Å². The van der Waals surface area contributed by atoms with Crippen molar-refractivity contribution in [2.45, 2.75) is 40.3 Å². The van der Waals surface area contributed by atoms with E-state index in [9.17, 15) is 9.59 Å². The molecule has 0 spiro atoms. The normalized spacial score (nSPS) is 15.5. The second kappa shape index (κ2) is 7.95. The number of benzene rings is 2. The van der Waals surface area contributed by atoms with E-state index in [1.807, 2.05) is 19.9 Å². The maximum atomic E-state index is 12.5. The van der Waals surface area contributed by atoms with Crippen molar-refractivity contribution in [3.63, 3.8) is 0 Å². The van der Waals surface area contributed by atoms with Crippen molar-refractivity contribution >= 4 is 16.9 Å². The van der Waals surface area contributed by atoms with Gasteiger partial charge in [-0.05, 0) is 32.4 Å². The number of aryl methyl sites for hydroxylation is 3. The van der Waals surface area contributed by atoms with Crippen LogP contribution in [0.5, 0.6) is 5.75 Å². The molecule has 0 amide bonds. The van der Waals surface area contributed by atoms with Crippen molar-refractivity contribution in [3.8, 4) is 5.75 Å². The molecule has 0 saturated carbocycles. The summed E-state index contributed by atoms with van der Waals surface area (Å²) in [6.45, 7) is 8.08. The second-order valence-electron chi connectivity index (χ2n) is 7.99. The average Bonchev–Trinajstić information content (AvgIpc) is 2.73. The van der Waals surface area contributed by atoms with Crippen molar-refractivity contribution in [1.29, 1.82) is 0 Å². The fourth-order valence-corrected chi connectivity index (χ4v) is 4.09. The highest BCUT2D eigenvalue weighted by molar-refractivity contribution is 5.88. The van der Waals surface area contributed by atoms with E-state index in [0.717, 1.165) is 40.9 Å². The van der Waals surface area contributed by atoms with E-state index in [1.54, 1.807) is 0 Å². The summed E-state index contributed by atoms with van der Waals surface area (Å²) in [6.07, 6.45) is -0.0992. The molecule has 2 aromatic carbocycles. The van der Waals surface area contributed by atoms with E-state index >= 15 is 0 Å². The summed E-state index contributed by atoms with van der Waals surface area (Å²) in [7, 11) is 1.31. The molecule has 6 nitrogen and oxygen atoms in total. The summed E-state index contributed by atoms with van der Waals surface area (Å²) in [5.41, 5.74) is 5.52. The lowest BCUT2D eigenvalue weighted by Gasteiger charge is -2.28. The number of fused-ring (bicyclic) bond motifs is 2. The fourth-order valence-electron chi connectivity index (χ4n) is 4.09. The van der Waals surface area contributed by atoms with Crippen LogP contribution in [0, 0.1) is 20.8 Å². The smallest absolute Gasteiger partial charge is 0.340 e. The lowest BCUT2D eigenvalue weighted by atomic mass is 9.97. The zero-order valence-corrected chi connectivity index (χ0v) is 17.8. The van der Waals surface area contributed by atoms with Crippen LogP contribution in [0.4, 0.5) is 0 Å². The number of nitrogens with one attached hydrogen (secondary N) is 1. The van der Waals surface area contributed by atoms with Gasteiger partial charge in [0.15, 0.2) is 0 Å². The summed E-state index contributed by atoms with van der Waals surface area (Å²) in [6, 6.07) is 10.6. The third kappa shape index (κ3) is 3.71. The Labute approximate surface area is 175 Å². The Hall–Kier alpha value is -3.12. The Morgan fingerprint density at radius 2 is 1.87 bits per heavy atom. The minimum absolute atomic E-state index is 0.0992. The maximum Gasteiger partial charge on any atom is 0.340 e. The first-order chi connectivity index (χ1) is 14.4. The Bertz CT molecular complexity index is 1180. The molecule has 156 valence electrons. The van der Waals surface area contributed by atoms with Crippen molar-refractivity contribution in [3.05, 3.63) is 74.1 Å². The number of rotatable bonds is 4. The quantitative estimate of drug-likeness (QED) is 0.530. The molecule has 0 bridgehead atoms. The summed E-state index contributed by atoms with van der Waals surface area (Å²) in [5, 5.41) is 0.838. The maximum absolute atomic E-state index is 12.5. The van der Waals surface area contributed by atoms with E-state index in [4.69, 9.17) is 13.9 Å². The molecule has 6 heteroatoms. The first-order valence-corrected chi connectivity index (χ1v) is 10.0. The predicted molar refractivity (Wildman–Crippen MR) is 113 cm³/mol. The SMILES string of the molecule is COC(=O)Cc1c(C)c2cc3c(c(C)c2oc1=O)OC[NH+](Cc1ccc(C)cc1)C3. The van der Waals surface area contributed by atoms with Crippen molar-refractivity contribution < 1.29 is 23.6 Å². The van der Waals surface area contributed by atoms with Crippen LogP contribution in [0.3, 0.4) is 0 Å². The molecule has 4 rings (SSSR count). The Kier molecular flexibility index (Phi) is 5.35. The molecular weight excluding hydrogens is 382 g/mol. The molecule has 30 heavy (non-hydrogen) atoms. The molecule has 1 unspecified atom stereocenters. The number of hydrogen-bond acceptors (Lipinski definition) is 5. The molecule has 0 aliphatic carbocycles. The number of hydrogen-bond donors (Lipinski definition) is 1. The molecule has 1 atom stereocenters. The summed E-state index contributed by atoms with van der Waals surface area (Å²) < 4.78 is 16.4. The highest BCUT2D eigenvalue weighted by atomic mass is 16.5. The van der Waals surface area contributed by atoms with Gasteiger partial charge in [-0.25, -0.2) is 4.79 Å². The number of ether oxygens (including phenoxy) is 2. The molecule has 0 saturated heterocycles. The largest absolute Gasteiger partial charge is 0.469 e. The zero-order valence-electron chi connectivity index (χ0n) is 17.8. The predicted octanol–water partition coefficient (Wildman–Crippen LogP) is 2.37. The van der Waals surface area contributed by atoms with Crippen molar-refractivity contribution in [2.24, 2.45) is 0 Å². The minimum atomic E-state index is -0.504. The van der Waals surface area contributed by atoms with Gasteiger partial charge in [-0.3, -0.25) is 9.69 Å². The van der Waals surface area contributed by atoms with Gasteiger partial charge in [-0.1, -0.05) is 29.8 Å². The highest BCUT2D eigenvalue weighted by Gasteiger charge is 2.26. The van der Waals surface area contributed by atoms with Gasteiger partial charge >= 0.3 is 11.6 Å². The lowest BCUT2D eigenvalue weighted by Crippen LogP contribution is -3.10. The van der Waals surface area contributed by atoms with Crippen LogP contribution in [0.1, 0.15) is 33.4 Å². The van der Waals surface area contributed by atoms with Crippen LogP contribution < -0.4 is 15.3 Å². The topological polar surface area (TPSA) is 70.2 Å². The summed E-state index contributed by atoms with van der Waals surface area (Å²) >= 11 is 0. The first kappa shape index (κ1) is 20.2. The van der Waals surface area contributed by atoms with Crippen LogP contribution in [-0.2, 0) is 29.0 Å². The van der Waals surface area contributed by atoms with Crippen LogP contribution in [-0.4, -0.2) is 19.8 Å². The van der Waals surface area contributed by atoms with E-state index in [0.29, 0.717) is 17.9 Å². The van der Waals surface area contributed by atoms with Gasteiger partial charge in [-0.15, -0.1) is 0 Å². The number of carbonyl (C=O) groups excluding carboxylic acids is 1. The van der Waals surface area contributed by atoms with Gasteiger partial charge < -0.3 is 13.9 Å². The standard InChI is InChI=1S/C24H25NO5/c1-14-5-7-17(8-6-14)11-25-12-18-9-19-15(2)20(10-21(26)28-4)24(27)30-23(19)16(3)22(18)29-13-25/h5-9H,10-13H2,1-4H3/p+1. The number of quaternary nitrogens is 1. The molecule has 0 radical (unpaired) electrons. The Balaban J connectivity index is 1.71. The van der Waals surface area contributed by atoms with Gasteiger partial charge in [0.2, 0.25) is 6.73 Å². The fraction of sp³-hybridized carbons (Fsp3) is 0.333. The van der Waals surface area contributed by atoms with Crippen LogP contribution >= 0.6 is 0 Å². The third-order valence-corrected chi connectivity index (χ3v) is 5.82. The lowest BCUT2D eigenvalue weighted by molar-refractivity contribution is -0.945. The summed E-state index contributed by atoms with van der Waals surface area (Å²) in [4.78, 5) is 25.5. The molecule has 1 N–H and O–H groups in total. The molecule has 1 aromatic heterocycles. The average molecular weight is 408 g/mol. The molecule has 3 aromatic rings. The molecular formula is C24H26NO5+. The molecule has 1 aliphatic heterocycles. The highest BCUT2D eigenvalue weighted by Crippen LogP contribution is 2.34. The minimum Gasteiger partial charge on any atom is -0.469 e. The molecule has 1 aliphatic rings. The number of carbonyl (C=O) groups is 1. The van der Waals surface area contributed by atoms with Gasteiger partial charge in [0.25, 0.3) is 0 Å². The van der Waals surface area contributed by atoms with Crippen LogP contribution in [0.25, 0.3) is 11.0 Å². The van der Waals surface area contributed by atoms with Gasteiger partial charge in [0.05, 0.1) is 19.1 Å². The van der Waals surface area contributed by atoms with E-state index < -0.39 is 11.6 Å². The number of methoxy groups -OCH3 is 1. The van der Waals surface area contributed by atoms with E-state index in [1.165, 1.54) is 23.1 Å². The van der Waals surface area contributed by atoms with E-state index in [2.05, 4.69) is 31.2 Å². The van der Waals surface area contributed by atoms with Gasteiger partial charge in [0.1, 0.15) is 24.4 Å². The van der Waals surface area contributed by atoms with Crippen LogP contribution in [0.2, 0.25) is 0 Å². The Morgan fingerprint density at radius 3 is 2.57 bits per heavy atom. The first-order valence-electron chi connectivity index (χ1n) is 10.0. The second-order valence-corrected chi connectivity index (χ2v) is 7.99. The molecule has 2 heterocycles.